The Morgan fingerprint density at radius 3 is 3.16 bits per heavy atom. The monoisotopic (exact) mass is 265 g/mol. The summed E-state index contributed by atoms with van der Waals surface area (Å²) in [7, 11) is 0. The molecule has 3 aromatic rings. The zero-order valence-corrected chi connectivity index (χ0v) is 10.9. The summed E-state index contributed by atoms with van der Waals surface area (Å²) >= 11 is 1.75. The summed E-state index contributed by atoms with van der Waals surface area (Å²) in [6, 6.07) is 12.5. The first kappa shape index (κ1) is 10.7. The zero-order chi connectivity index (χ0) is 12.7. The van der Waals surface area contributed by atoms with Crippen molar-refractivity contribution in [2.45, 2.75) is 6.54 Å². The van der Waals surface area contributed by atoms with Gasteiger partial charge in [-0.15, -0.1) is 11.3 Å². The van der Waals surface area contributed by atoms with Crippen LogP contribution < -0.4 is 5.32 Å². The lowest BCUT2D eigenvalue weighted by molar-refractivity contribution is 1.09. The van der Waals surface area contributed by atoms with Crippen LogP contribution in [0.2, 0.25) is 0 Å². The summed E-state index contributed by atoms with van der Waals surface area (Å²) in [5.74, 6) is 0.867. The standard InChI is InChI=1S/C15H11N3S/c1-2-11-9-17-15(14(11)16-6-1)18-12-4-3-10-5-7-19-13(10)8-12/h1-8H,9H2,(H,17,18). The molecule has 0 saturated heterocycles. The number of hydrogen-bond donors (Lipinski definition) is 1. The number of aromatic nitrogens is 1. The average molecular weight is 265 g/mol. The van der Waals surface area contributed by atoms with E-state index in [1.54, 1.807) is 11.3 Å². The molecule has 0 spiro atoms. The van der Waals surface area contributed by atoms with E-state index >= 15 is 0 Å². The van der Waals surface area contributed by atoms with Crippen LogP contribution in [0.1, 0.15) is 11.3 Å². The van der Waals surface area contributed by atoms with Gasteiger partial charge in [0.1, 0.15) is 5.69 Å². The van der Waals surface area contributed by atoms with Crippen molar-refractivity contribution in [3.05, 3.63) is 59.2 Å². The SMILES string of the molecule is c1cnc2c(c1)CN=C2Nc1ccc2ccsc2c1. The third kappa shape index (κ3) is 1.81. The van der Waals surface area contributed by atoms with Gasteiger partial charge in [-0.25, -0.2) is 0 Å². The second-order valence-corrected chi connectivity index (χ2v) is 5.42. The number of nitrogens with one attached hydrogen (secondary N) is 1. The second-order valence-electron chi connectivity index (χ2n) is 4.47. The lowest BCUT2D eigenvalue weighted by Gasteiger charge is -2.06. The van der Waals surface area contributed by atoms with E-state index in [1.165, 1.54) is 15.6 Å². The fourth-order valence-corrected chi connectivity index (χ4v) is 3.11. The van der Waals surface area contributed by atoms with E-state index < -0.39 is 0 Å². The highest BCUT2D eigenvalue weighted by atomic mass is 32.1. The van der Waals surface area contributed by atoms with Crippen molar-refractivity contribution in [3.63, 3.8) is 0 Å². The number of rotatable bonds is 1. The van der Waals surface area contributed by atoms with Crippen LogP contribution in [-0.4, -0.2) is 10.8 Å². The summed E-state index contributed by atoms with van der Waals surface area (Å²) in [5.41, 5.74) is 3.21. The largest absolute Gasteiger partial charge is 0.339 e. The Morgan fingerprint density at radius 1 is 1.16 bits per heavy atom. The highest BCUT2D eigenvalue weighted by Gasteiger charge is 2.16. The van der Waals surface area contributed by atoms with Gasteiger partial charge in [-0.2, -0.15) is 0 Å². The molecule has 2 aromatic heterocycles. The van der Waals surface area contributed by atoms with E-state index in [2.05, 4.69) is 51.0 Å². The minimum Gasteiger partial charge on any atom is -0.339 e. The van der Waals surface area contributed by atoms with Gasteiger partial charge in [0.05, 0.1) is 6.54 Å². The molecule has 0 saturated carbocycles. The van der Waals surface area contributed by atoms with Crippen LogP contribution in [0.4, 0.5) is 5.69 Å². The van der Waals surface area contributed by atoms with Crippen LogP contribution >= 0.6 is 11.3 Å². The van der Waals surface area contributed by atoms with Crippen LogP contribution in [0.3, 0.4) is 0 Å². The zero-order valence-electron chi connectivity index (χ0n) is 10.1. The van der Waals surface area contributed by atoms with Crippen LogP contribution in [0.25, 0.3) is 10.1 Å². The maximum atomic E-state index is 4.51. The number of anilines is 1. The average Bonchev–Trinajstić information content (AvgIpc) is 3.06. The summed E-state index contributed by atoms with van der Waals surface area (Å²) in [5, 5.41) is 6.76. The summed E-state index contributed by atoms with van der Waals surface area (Å²) in [6.45, 7) is 0.715. The van der Waals surface area contributed by atoms with Gasteiger partial charge < -0.3 is 5.32 Å². The molecule has 1 aliphatic heterocycles. The number of aliphatic imine (C=N–C) groups is 1. The smallest absolute Gasteiger partial charge is 0.152 e. The maximum Gasteiger partial charge on any atom is 0.152 e. The molecule has 4 rings (SSSR count). The number of fused-ring (bicyclic) bond motifs is 2. The van der Waals surface area contributed by atoms with Crippen molar-refractivity contribution in [2.75, 3.05) is 5.32 Å². The minimum atomic E-state index is 0.715. The molecule has 0 aliphatic carbocycles. The highest BCUT2D eigenvalue weighted by Crippen LogP contribution is 2.25. The second kappa shape index (κ2) is 4.17. The summed E-state index contributed by atoms with van der Waals surface area (Å²) in [6.07, 6.45) is 1.81. The molecule has 0 unspecified atom stereocenters. The number of thiophene rings is 1. The minimum absolute atomic E-state index is 0.715. The third-order valence-corrected chi connectivity index (χ3v) is 4.12. The van der Waals surface area contributed by atoms with Gasteiger partial charge in [-0.05, 0) is 35.0 Å². The molecular weight excluding hydrogens is 254 g/mol. The molecule has 0 fully saturated rings. The van der Waals surface area contributed by atoms with Crippen molar-refractivity contribution in [3.8, 4) is 0 Å². The molecule has 92 valence electrons. The number of nitrogens with zero attached hydrogens (tertiary/aromatic N) is 2. The number of amidine groups is 1. The van der Waals surface area contributed by atoms with Crippen LogP contribution in [0.5, 0.6) is 0 Å². The van der Waals surface area contributed by atoms with Gasteiger partial charge in [0, 0.05) is 22.1 Å². The predicted molar refractivity (Wildman–Crippen MR) is 79.9 cm³/mol. The van der Waals surface area contributed by atoms with Crippen LogP contribution in [-0.2, 0) is 6.54 Å². The van der Waals surface area contributed by atoms with E-state index in [-0.39, 0.29) is 0 Å². The fourth-order valence-electron chi connectivity index (χ4n) is 2.29. The maximum absolute atomic E-state index is 4.51. The molecule has 3 nitrogen and oxygen atoms in total. The summed E-state index contributed by atoms with van der Waals surface area (Å²) in [4.78, 5) is 8.91. The molecule has 0 bridgehead atoms. The van der Waals surface area contributed by atoms with Crippen molar-refractivity contribution < 1.29 is 0 Å². The molecule has 1 N–H and O–H groups in total. The summed E-state index contributed by atoms with van der Waals surface area (Å²) < 4.78 is 1.28. The van der Waals surface area contributed by atoms with Gasteiger partial charge in [0.2, 0.25) is 0 Å². The molecule has 0 radical (unpaired) electrons. The van der Waals surface area contributed by atoms with Gasteiger partial charge >= 0.3 is 0 Å². The van der Waals surface area contributed by atoms with E-state index in [0.717, 1.165) is 17.2 Å². The molecule has 1 aromatic carbocycles. The Morgan fingerprint density at radius 2 is 2.16 bits per heavy atom. The molecule has 3 heterocycles. The predicted octanol–water partition coefficient (Wildman–Crippen LogP) is 3.67. The number of benzene rings is 1. The Kier molecular flexibility index (Phi) is 2.35. The van der Waals surface area contributed by atoms with E-state index in [4.69, 9.17) is 0 Å². The normalized spacial score (nSPS) is 13.4. The molecule has 0 atom stereocenters. The van der Waals surface area contributed by atoms with Crippen molar-refractivity contribution >= 4 is 32.9 Å². The first-order chi connectivity index (χ1) is 9.40. The van der Waals surface area contributed by atoms with E-state index in [9.17, 15) is 0 Å². The molecule has 1 aliphatic rings. The highest BCUT2D eigenvalue weighted by molar-refractivity contribution is 7.17. The van der Waals surface area contributed by atoms with Crippen molar-refractivity contribution in [1.29, 1.82) is 0 Å². The van der Waals surface area contributed by atoms with Gasteiger partial charge in [0.15, 0.2) is 5.84 Å². The third-order valence-electron chi connectivity index (χ3n) is 3.24. The number of hydrogen-bond acceptors (Lipinski definition) is 4. The first-order valence-corrected chi connectivity index (χ1v) is 7.01. The van der Waals surface area contributed by atoms with Crippen molar-refractivity contribution in [1.82, 2.24) is 4.98 Å². The fraction of sp³-hybridized carbons (Fsp3) is 0.0667. The van der Waals surface area contributed by atoms with Crippen LogP contribution in [0.15, 0.2) is 53.0 Å². The molecular formula is C15H11N3S. The molecule has 19 heavy (non-hydrogen) atoms. The quantitative estimate of drug-likeness (QED) is 0.729. The lowest BCUT2D eigenvalue weighted by atomic mass is 10.2. The van der Waals surface area contributed by atoms with E-state index in [1.807, 2.05) is 12.3 Å². The Bertz CT molecular complexity index is 789. The molecule has 4 heteroatoms. The lowest BCUT2D eigenvalue weighted by Crippen LogP contribution is -2.12. The number of pyridine rings is 1. The van der Waals surface area contributed by atoms with Gasteiger partial charge in [-0.1, -0.05) is 12.1 Å². The van der Waals surface area contributed by atoms with Gasteiger partial charge in [0.25, 0.3) is 0 Å². The topological polar surface area (TPSA) is 37.3 Å². The van der Waals surface area contributed by atoms with E-state index in [0.29, 0.717) is 6.54 Å². The van der Waals surface area contributed by atoms with Gasteiger partial charge in [-0.3, -0.25) is 9.98 Å². The Balaban J connectivity index is 1.69. The Labute approximate surface area is 114 Å². The first-order valence-electron chi connectivity index (χ1n) is 6.13. The molecule has 0 amide bonds. The van der Waals surface area contributed by atoms with Crippen LogP contribution in [0, 0.1) is 0 Å². The Hall–Kier alpha value is -2.20. The van der Waals surface area contributed by atoms with Crippen molar-refractivity contribution in [2.24, 2.45) is 4.99 Å².